The van der Waals surface area contributed by atoms with Gasteiger partial charge in [0.1, 0.15) is 5.82 Å². The van der Waals surface area contributed by atoms with Crippen molar-refractivity contribution in [3.63, 3.8) is 0 Å². The molecule has 0 atom stereocenters. The Morgan fingerprint density at radius 1 is 1.22 bits per heavy atom. The topological polar surface area (TPSA) is 76.2 Å². The Balaban J connectivity index is 1.60. The summed E-state index contributed by atoms with van der Waals surface area (Å²) >= 11 is 0. The van der Waals surface area contributed by atoms with Crippen LogP contribution in [0.25, 0.3) is 17.1 Å². The molecule has 3 aromatic rings. The van der Waals surface area contributed by atoms with E-state index in [-0.39, 0.29) is 12.0 Å². The van der Waals surface area contributed by atoms with E-state index in [2.05, 4.69) is 15.3 Å². The van der Waals surface area contributed by atoms with Crippen LogP contribution >= 0.6 is 0 Å². The van der Waals surface area contributed by atoms with E-state index in [9.17, 15) is 4.79 Å². The Kier molecular flexibility index (Phi) is 5.76. The van der Waals surface area contributed by atoms with Gasteiger partial charge in [-0.15, -0.1) is 0 Å². The molecule has 2 N–H and O–H groups in total. The minimum atomic E-state index is -0.197. The van der Waals surface area contributed by atoms with Crippen molar-refractivity contribution in [2.45, 2.75) is 26.5 Å². The zero-order valence-electron chi connectivity index (χ0n) is 15.7. The van der Waals surface area contributed by atoms with E-state index < -0.39 is 0 Å². The standard InChI is InChI=1S/C21H23N3O3/c1-14(2)27-18-10-8-15(12-19(18)26-3)9-11-21(25)22-13-20-23-16-6-4-5-7-17(16)24-20/h4-12,14H,13H2,1-3H3,(H,22,25)(H,23,24). The number of H-pyrrole nitrogens is 1. The highest BCUT2D eigenvalue weighted by Gasteiger charge is 2.07. The van der Waals surface area contributed by atoms with Crippen LogP contribution in [0.4, 0.5) is 0 Å². The van der Waals surface area contributed by atoms with Crippen molar-refractivity contribution in [2.75, 3.05) is 7.11 Å². The molecular weight excluding hydrogens is 342 g/mol. The van der Waals surface area contributed by atoms with E-state index >= 15 is 0 Å². The van der Waals surface area contributed by atoms with Gasteiger partial charge in [0.2, 0.25) is 5.91 Å². The Morgan fingerprint density at radius 3 is 2.78 bits per heavy atom. The first-order valence-electron chi connectivity index (χ1n) is 8.79. The molecule has 1 aromatic heterocycles. The van der Waals surface area contributed by atoms with Gasteiger partial charge in [-0.25, -0.2) is 4.98 Å². The van der Waals surface area contributed by atoms with Crippen LogP contribution in [0.1, 0.15) is 25.2 Å². The number of aromatic amines is 1. The SMILES string of the molecule is COc1cc(C=CC(=O)NCc2nc3ccccc3[nH]2)ccc1OC(C)C. The minimum absolute atomic E-state index is 0.0596. The first kappa shape index (κ1) is 18.5. The van der Waals surface area contributed by atoms with Crippen LogP contribution in [0.2, 0.25) is 0 Å². The molecule has 140 valence electrons. The second-order valence-electron chi connectivity index (χ2n) is 6.33. The number of imidazole rings is 1. The Hall–Kier alpha value is -3.28. The lowest BCUT2D eigenvalue weighted by Gasteiger charge is -2.13. The van der Waals surface area contributed by atoms with Crippen molar-refractivity contribution in [1.29, 1.82) is 0 Å². The highest BCUT2D eigenvalue weighted by Crippen LogP contribution is 2.29. The molecule has 0 radical (unpaired) electrons. The van der Waals surface area contributed by atoms with Crippen LogP contribution in [-0.4, -0.2) is 29.1 Å². The molecule has 0 bridgehead atoms. The number of rotatable bonds is 7. The zero-order valence-corrected chi connectivity index (χ0v) is 15.7. The lowest BCUT2D eigenvalue weighted by Crippen LogP contribution is -2.20. The molecule has 6 heteroatoms. The molecule has 0 aliphatic heterocycles. The molecule has 0 unspecified atom stereocenters. The summed E-state index contributed by atoms with van der Waals surface area (Å²) in [6.45, 7) is 4.25. The van der Waals surface area contributed by atoms with Crippen molar-refractivity contribution in [3.8, 4) is 11.5 Å². The molecule has 27 heavy (non-hydrogen) atoms. The van der Waals surface area contributed by atoms with E-state index in [1.54, 1.807) is 13.2 Å². The van der Waals surface area contributed by atoms with Gasteiger partial charge in [-0.05, 0) is 49.8 Å². The van der Waals surface area contributed by atoms with Crippen molar-refractivity contribution in [2.24, 2.45) is 0 Å². The average Bonchev–Trinajstić information content (AvgIpc) is 3.08. The van der Waals surface area contributed by atoms with Crippen LogP contribution in [0.15, 0.2) is 48.5 Å². The normalized spacial score (nSPS) is 11.3. The monoisotopic (exact) mass is 365 g/mol. The van der Waals surface area contributed by atoms with Crippen LogP contribution in [0, 0.1) is 0 Å². The predicted molar refractivity (Wildman–Crippen MR) is 106 cm³/mol. The first-order chi connectivity index (χ1) is 13.0. The van der Waals surface area contributed by atoms with Gasteiger partial charge >= 0.3 is 0 Å². The average molecular weight is 365 g/mol. The van der Waals surface area contributed by atoms with Crippen LogP contribution in [-0.2, 0) is 11.3 Å². The third kappa shape index (κ3) is 4.88. The van der Waals surface area contributed by atoms with Crippen molar-refractivity contribution >= 4 is 23.0 Å². The molecule has 0 aliphatic rings. The van der Waals surface area contributed by atoms with Gasteiger partial charge in [0, 0.05) is 6.08 Å². The zero-order chi connectivity index (χ0) is 19.2. The maximum atomic E-state index is 12.1. The van der Waals surface area contributed by atoms with Crippen LogP contribution in [0.5, 0.6) is 11.5 Å². The number of nitrogens with one attached hydrogen (secondary N) is 2. The van der Waals surface area contributed by atoms with Crippen molar-refractivity contribution in [3.05, 3.63) is 59.9 Å². The number of fused-ring (bicyclic) bond motifs is 1. The van der Waals surface area contributed by atoms with Gasteiger partial charge in [-0.3, -0.25) is 4.79 Å². The summed E-state index contributed by atoms with van der Waals surface area (Å²) in [5.41, 5.74) is 2.68. The minimum Gasteiger partial charge on any atom is -0.493 e. The van der Waals surface area contributed by atoms with E-state index in [0.717, 1.165) is 22.4 Å². The largest absolute Gasteiger partial charge is 0.493 e. The molecule has 1 heterocycles. The van der Waals surface area contributed by atoms with Crippen LogP contribution < -0.4 is 14.8 Å². The number of methoxy groups -OCH3 is 1. The van der Waals surface area contributed by atoms with Crippen molar-refractivity contribution < 1.29 is 14.3 Å². The fourth-order valence-corrected chi connectivity index (χ4v) is 2.63. The number of carbonyl (C=O) groups is 1. The van der Waals surface area contributed by atoms with Gasteiger partial charge in [0.15, 0.2) is 11.5 Å². The molecule has 0 fully saturated rings. The number of ether oxygens (including phenoxy) is 2. The summed E-state index contributed by atoms with van der Waals surface area (Å²) in [5.74, 6) is 1.83. The van der Waals surface area contributed by atoms with E-state index in [1.807, 2.05) is 56.3 Å². The maximum Gasteiger partial charge on any atom is 0.244 e. The second kappa shape index (κ2) is 8.40. The van der Waals surface area contributed by atoms with E-state index in [0.29, 0.717) is 18.0 Å². The number of hydrogen-bond acceptors (Lipinski definition) is 4. The van der Waals surface area contributed by atoms with Crippen molar-refractivity contribution in [1.82, 2.24) is 15.3 Å². The van der Waals surface area contributed by atoms with Gasteiger partial charge in [-0.2, -0.15) is 0 Å². The summed E-state index contributed by atoms with van der Waals surface area (Å²) in [6.07, 6.45) is 3.28. The van der Waals surface area contributed by atoms with Gasteiger partial charge in [0.25, 0.3) is 0 Å². The number of para-hydroxylation sites is 2. The maximum absolute atomic E-state index is 12.1. The number of benzene rings is 2. The Bertz CT molecular complexity index is 927. The Morgan fingerprint density at radius 2 is 2.04 bits per heavy atom. The summed E-state index contributed by atoms with van der Waals surface area (Å²) in [4.78, 5) is 19.7. The molecule has 0 saturated heterocycles. The quantitative estimate of drug-likeness (QED) is 0.626. The molecule has 0 saturated carbocycles. The smallest absolute Gasteiger partial charge is 0.244 e. The van der Waals surface area contributed by atoms with Gasteiger partial charge < -0.3 is 19.8 Å². The van der Waals surface area contributed by atoms with E-state index in [1.165, 1.54) is 6.08 Å². The predicted octanol–water partition coefficient (Wildman–Crippen LogP) is 3.69. The van der Waals surface area contributed by atoms with Gasteiger partial charge in [0.05, 0.1) is 30.8 Å². The third-order valence-electron chi connectivity index (χ3n) is 3.85. The van der Waals surface area contributed by atoms with E-state index in [4.69, 9.17) is 9.47 Å². The molecule has 6 nitrogen and oxygen atoms in total. The van der Waals surface area contributed by atoms with Gasteiger partial charge in [-0.1, -0.05) is 18.2 Å². The summed E-state index contributed by atoms with van der Waals surface area (Å²) in [5, 5.41) is 2.82. The number of carbonyl (C=O) groups excluding carboxylic acids is 1. The number of hydrogen-bond donors (Lipinski definition) is 2. The third-order valence-corrected chi connectivity index (χ3v) is 3.85. The second-order valence-corrected chi connectivity index (χ2v) is 6.33. The number of nitrogens with zero attached hydrogens (tertiary/aromatic N) is 1. The molecule has 0 spiro atoms. The fraction of sp³-hybridized carbons (Fsp3) is 0.238. The summed E-state index contributed by atoms with van der Waals surface area (Å²) < 4.78 is 11.0. The number of aromatic nitrogens is 2. The van der Waals surface area contributed by atoms with Crippen LogP contribution in [0.3, 0.4) is 0 Å². The molecule has 0 aliphatic carbocycles. The Labute approximate surface area is 158 Å². The lowest BCUT2D eigenvalue weighted by atomic mass is 10.2. The molecule has 2 aromatic carbocycles. The summed E-state index contributed by atoms with van der Waals surface area (Å²) in [6, 6.07) is 13.3. The first-order valence-corrected chi connectivity index (χ1v) is 8.79. The molecule has 3 rings (SSSR count). The highest BCUT2D eigenvalue weighted by molar-refractivity contribution is 5.91. The lowest BCUT2D eigenvalue weighted by molar-refractivity contribution is -0.116. The summed E-state index contributed by atoms with van der Waals surface area (Å²) in [7, 11) is 1.59. The molecular formula is C21H23N3O3. The molecule has 1 amide bonds. The fourth-order valence-electron chi connectivity index (χ4n) is 2.63. The number of amides is 1. The highest BCUT2D eigenvalue weighted by atomic mass is 16.5.